The van der Waals surface area contributed by atoms with E-state index in [0.29, 0.717) is 0 Å². The molecule has 0 N–H and O–H groups in total. The average molecular weight is 224 g/mol. The van der Waals surface area contributed by atoms with Gasteiger partial charge in [0, 0.05) is 6.72 Å². The molecule has 2 aromatic carbocycles. The average Bonchev–Trinajstić information content (AvgIpc) is 2.43. The van der Waals surface area contributed by atoms with Crippen molar-refractivity contribution in [3.05, 3.63) is 72.3 Å². The van der Waals surface area contributed by atoms with Crippen LogP contribution in [-0.4, -0.2) is 12.4 Å². The molecule has 0 fully saturated rings. The van der Waals surface area contributed by atoms with Crippen molar-refractivity contribution in [1.82, 2.24) is 0 Å². The molecule has 2 rings (SSSR count). The van der Waals surface area contributed by atoms with Gasteiger partial charge in [-0.3, -0.25) is 0 Å². The maximum absolute atomic E-state index is 3.83. The fourth-order valence-corrected chi connectivity index (χ4v) is 1.23. The third kappa shape index (κ3) is 5.42. The van der Waals surface area contributed by atoms with Gasteiger partial charge in [0.05, 0.1) is 5.71 Å². The highest BCUT2D eigenvalue weighted by atomic mass is 15.2. The highest BCUT2D eigenvalue weighted by Crippen LogP contribution is 2.00. The molecule has 2 nitrogen and oxygen atoms in total. The van der Waals surface area contributed by atoms with Crippen LogP contribution in [0.25, 0.3) is 0 Å². The summed E-state index contributed by atoms with van der Waals surface area (Å²) in [4.78, 5) is 0. The van der Waals surface area contributed by atoms with Gasteiger partial charge in [0.15, 0.2) is 0 Å². The first kappa shape index (κ1) is 12.8. The Morgan fingerprint density at radius 3 is 1.65 bits per heavy atom. The summed E-state index contributed by atoms with van der Waals surface area (Å²) in [6.07, 6.45) is 0. The van der Waals surface area contributed by atoms with E-state index < -0.39 is 0 Å². The quantitative estimate of drug-likeness (QED) is 0.547. The Labute approximate surface area is 102 Å². The van der Waals surface area contributed by atoms with Gasteiger partial charge in [-0.25, -0.2) is 0 Å². The molecule has 0 aliphatic heterocycles. The van der Waals surface area contributed by atoms with Gasteiger partial charge in [0.2, 0.25) is 0 Å². The van der Waals surface area contributed by atoms with E-state index in [1.54, 1.807) is 0 Å². The lowest BCUT2D eigenvalue weighted by Gasteiger charge is -1.95. The molecule has 0 bridgehead atoms. The molecule has 0 amide bonds. The third-order valence-electron chi connectivity index (χ3n) is 2.08. The molecule has 0 saturated carbocycles. The van der Waals surface area contributed by atoms with E-state index in [2.05, 4.69) is 16.9 Å². The normalized spacial score (nSPS) is 10.1. The molecule has 86 valence electrons. The number of rotatable bonds is 2. The van der Waals surface area contributed by atoms with Crippen LogP contribution in [0.15, 0.2) is 76.9 Å². The van der Waals surface area contributed by atoms with Crippen LogP contribution < -0.4 is 0 Å². The van der Waals surface area contributed by atoms with Gasteiger partial charge in [-0.05, 0) is 12.5 Å². The maximum Gasteiger partial charge on any atom is 0.0671 e. The third-order valence-corrected chi connectivity index (χ3v) is 2.08. The summed E-state index contributed by atoms with van der Waals surface area (Å²) in [5, 5.41) is 7.28. The summed E-state index contributed by atoms with van der Waals surface area (Å²) in [7, 11) is 0. The second kappa shape index (κ2) is 7.99. The number of benzene rings is 2. The standard InChI is InChI=1S/C9H10N2.C6H6/c1-8(11-10-2)9-6-4-3-5-7-9;1-2-4-6-5-3-1/h3-7H,2H2,1H3;1-6H. The molecule has 0 aliphatic rings. The van der Waals surface area contributed by atoms with Crippen molar-refractivity contribution in [2.24, 2.45) is 10.2 Å². The number of hydrogen-bond donors (Lipinski definition) is 0. The zero-order chi connectivity index (χ0) is 12.3. The van der Waals surface area contributed by atoms with Crippen molar-refractivity contribution < 1.29 is 0 Å². The Morgan fingerprint density at radius 2 is 1.24 bits per heavy atom. The molecule has 0 aliphatic carbocycles. The van der Waals surface area contributed by atoms with Gasteiger partial charge in [-0.1, -0.05) is 66.7 Å². The van der Waals surface area contributed by atoms with Crippen LogP contribution >= 0.6 is 0 Å². The molecule has 0 aromatic heterocycles. The van der Waals surface area contributed by atoms with Crippen LogP contribution in [0.4, 0.5) is 0 Å². The van der Waals surface area contributed by atoms with E-state index in [1.165, 1.54) is 0 Å². The Bertz CT molecular complexity index is 420. The van der Waals surface area contributed by atoms with Crippen LogP contribution in [-0.2, 0) is 0 Å². The molecule has 2 aromatic rings. The van der Waals surface area contributed by atoms with Crippen molar-refractivity contribution in [3.8, 4) is 0 Å². The summed E-state index contributed by atoms with van der Waals surface area (Å²) in [6, 6.07) is 21.9. The van der Waals surface area contributed by atoms with Crippen LogP contribution in [0.1, 0.15) is 12.5 Å². The van der Waals surface area contributed by atoms with Gasteiger partial charge in [0.25, 0.3) is 0 Å². The summed E-state index contributed by atoms with van der Waals surface area (Å²) in [5.41, 5.74) is 1.97. The molecule has 0 unspecified atom stereocenters. The molecule has 0 atom stereocenters. The molecule has 0 radical (unpaired) electrons. The van der Waals surface area contributed by atoms with Gasteiger partial charge in [0.1, 0.15) is 0 Å². The summed E-state index contributed by atoms with van der Waals surface area (Å²) in [6.45, 7) is 5.20. The van der Waals surface area contributed by atoms with Crippen molar-refractivity contribution in [2.75, 3.05) is 0 Å². The van der Waals surface area contributed by atoms with Crippen molar-refractivity contribution in [1.29, 1.82) is 0 Å². The Morgan fingerprint density at radius 1 is 0.824 bits per heavy atom. The van der Waals surface area contributed by atoms with Crippen LogP contribution in [0.3, 0.4) is 0 Å². The van der Waals surface area contributed by atoms with Crippen molar-refractivity contribution in [2.45, 2.75) is 6.92 Å². The number of hydrogen-bond acceptors (Lipinski definition) is 2. The zero-order valence-corrected chi connectivity index (χ0v) is 9.95. The highest BCUT2D eigenvalue weighted by molar-refractivity contribution is 5.98. The van der Waals surface area contributed by atoms with E-state index in [0.717, 1.165) is 11.3 Å². The fourth-order valence-electron chi connectivity index (χ4n) is 1.23. The Balaban J connectivity index is 0.000000202. The predicted octanol–water partition coefficient (Wildman–Crippen LogP) is 3.80. The first-order valence-electron chi connectivity index (χ1n) is 5.40. The molecule has 17 heavy (non-hydrogen) atoms. The second-order valence-electron chi connectivity index (χ2n) is 3.35. The van der Waals surface area contributed by atoms with Gasteiger partial charge in [-0.15, -0.1) is 0 Å². The van der Waals surface area contributed by atoms with Crippen molar-refractivity contribution in [3.63, 3.8) is 0 Å². The lowest BCUT2D eigenvalue weighted by molar-refractivity contribution is 1.25. The van der Waals surface area contributed by atoms with E-state index in [9.17, 15) is 0 Å². The summed E-state index contributed by atoms with van der Waals surface area (Å²) in [5.74, 6) is 0. The lowest BCUT2D eigenvalue weighted by Crippen LogP contribution is -1.91. The van der Waals surface area contributed by atoms with Crippen LogP contribution in [0.5, 0.6) is 0 Å². The monoisotopic (exact) mass is 224 g/mol. The largest absolute Gasteiger partial charge is 0.167 e. The van der Waals surface area contributed by atoms with Crippen LogP contribution in [0.2, 0.25) is 0 Å². The smallest absolute Gasteiger partial charge is 0.0671 e. The summed E-state index contributed by atoms with van der Waals surface area (Å²) >= 11 is 0. The van der Waals surface area contributed by atoms with Gasteiger partial charge >= 0.3 is 0 Å². The van der Waals surface area contributed by atoms with Gasteiger partial charge < -0.3 is 0 Å². The maximum atomic E-state index is 3.83. The Kier molecular flexibility index (Phi) is 6.04. The highest BCUT2D eigenvalue weighted by Gasteiger charge is 1.92. The second-order valence-corrected chi connectivity index (χ2v) is 3.35. The SMILES string of the molecule is C=NN=C(C)c1ccccc1.c1ccccc1. The predicted molar refractivity (Wildman–Crippen MR) is 74.6 cm³/mol. The van der Waals surface area contributed by atoms with E-state index in [1.807, 2.05) is 73.7 Å². The lowest BCUT2D eigenvalue weighted by atomic mass is 10.1. The van der Waals surface area contributed by atoms with E-state index in [4.69, 9.17) is 0 Å². The molecule has 0 spiro atoms. The van der Waals surface area contributed by atoms with E-state index in [-0.39, 0.29) is 0 Å². The molecular formula is C15H16N2. The number of nitrogens with zero attached hydrogens (tertiary/aromatic N) is 2. The molecule has 0 heterocycles. The van der Waals surface area contributed by atoms with Crippen molar-refractivity contribution >= 4 is 12.4 Å². The topological polar surface area (TPSA) is 24.7 Å². The fraction of sp³-hybridized carbons (Fsp3) is 0.0667. The first-order valence-corrected chi connectivity index (χ1v) is 5.40. The minimum Gasteiger partial charge on any atom is -0.167 e. The minimum atomic E-state index is 0.889. The minimum absolute atomic E-state index is 0.889. The first-order chi connectivity index (χ1) is 8.34. The van der Waals surface area contributed by atoms with E-state index >= 15 is 0 Å². The van der Waals surface area contributed by atoms with Gasteiger partial charge in [-0.2, -0.15) is 10.2 Å². The summed E-state index contributed by atoms with van der Waals surface area (Å²) < 4.78 is 0. The zero-order valence-electron chi connectivity index (χ0n) is 9.95. The Hall–Kier alpha value is -2.22. The van der Waals surface area contributed by atoms with Crippen LogP contribution in [0, 0.1) is 0 Å². The molecule has 2 heteroatoms. The molecular weight excluding hydrogens is 208 g/mol. The molecule has 0 saturated heterocycles.